The summed E-state index contributed by atoms with van der Waals surface area (Å²) in [5.41, 5.74) is 1.84. The number of carbonyl (C=O) groups excluding carboxylic acids is 2. The van der Waals surface area contributed by atoms with Crippen LogP contribution in [-0.2, 0) is 21.0 Å². The number of nitrogens with zero attached hydrogens (tertiary/aromatic N) is 2. The minimum Gasteiger partial charge on any atom is -0.497 e. The molecule has 1 saturated heterocycles. The monoisotopic (exact) mass is 386 g/mol. The fourth-order valence-corrected chi connectivity index (χ4v) is 5.31. The molecule has 1 spiro atoms. The number of ether oxygens (including phenoxy) is 1. The van der Waals surface area contributed by atoms with E-state index in [-0.39, 0.29) is 24.2 Å². The van der Waals surface area contributed by atoms with Gasteiger partial charge in [0.1, 0.15) is 11.6 Å². The summed E-state index contributed by atoms with van der Waals surface area (Å²) >= 11 is 1.44. The molecular formula is C20H19FN2O3S. The van der Waals surface area contributed by atoms with Gasteiger partial charge in [0.25, 0.3) is 5.91 Å². The van der Waals surface area contributed by atoms with E-state index in [2.05, 4.69) is 0 Å². The van der Waals surface area contributed by atoms with E-state index in [4.69, 9.17) is 4.74 Å². The van der Waals surface area contributed by atoms with Gasteiger partial charge in [-0.1, -0.05) is 18.2 Å². The van der Waals surface area contributed by atoms with Gasteiger partial charge in [-0.2, -0.15) is 0 Å². The van der Waals surface area contributed by atoms with E-state index < -0.39 is 4.87 Å². The Morgan fingerprint density at radius 1 is 1.30 bits per heavy atom. The highest BCUT2D eigenvalue weighted by Gasteiger charge is 2.59. The number of hydrogen-bond donors (Lipinski definition) is 0. The van der Waals surface area contributed by atoms with Crippen LogP contribution in [0.3, 0.4) is 0 Å². The van der Waals surface area contributed by atoms with Gasteiger partial charge in [-0.3, -0.25) is 9.59 Å². The average molecular weight is 386 g/mol. The Morgan fingerprint density at radius 2 is 2.07 bits per heavy atom. The second-order valence-electron chi connectivity index (χ2n) is 6.53. The molecule has 2 aromatic rings. The van der Waals surface area contributed by atoms with Crippen LogP contribution in [0.4, 0.5) is 10.1 Å². The molecule has 27 heavy (non-hydrogen) atoms. The molecule has 140 valence electrons. The van der Waals surface area contributed by atoms with E-state index in [0.717, 1.165) is 5.56 Å². The van der Waals surface area contributed by atoms with Crippen molar-refractivity contribution in [3.05, 3.63) is 59.4 Å². The van der Waals surface area contributed by atoms with E-state index in [1.807, 2.05) is 6.07 Å². The standard InChI is InChI=1S/C20H19FN2O3S/c1-13(24)23-9-10-27-20(23)16-11-15(26-2)7-8-18(16)22(19(20)25)12-14-5-3-4-6-17(14)21/h3-8,11H,9-10,12H2,1-2H3/t20-/m1/s1. The molecule has 2 heterocycles. The normalized spacial score (nSPS) is 21.1. The zero-order chi connectivity index (χ0) is 19.2. The van der Waals surface area contributed by atoms with Gasteiger partial charge in [0, 0.05) is 30.3 Å². The first-order valence-corrected chi connectivity index (χ1v) is 9.63. The van der Waals surface area contributed by atoms with Gasteiger partial charge in [0.2, 0.25) is 5.91 Å². The van der Waals surface area contributed by atoms with E-state index in [9.17, 15) is 14.0 Å². The molecule has 0 bridgehead atoms. The van der Waals surface area contributed by atoms with Crippen LogP contribution in [0.15, 0.2) is 42.5 Å². The summed E-state index contributed by atoms with van der Waals surface area (Å²) in [6.45, 7) is 2.08. The topological polar surface area (TPSA) is 49.9 Å². The summed E-state index contributed by atoms with van der Waals surface area (Å²) in [5, 5.41) is 0. The number of methoxy groups -OCH3 is 1. The molecule has 2 amide bonds. The molecule has 5 nitrogen and oxygen atoms in total. The lowest BCUT2D eigenvalue weighted by Crippen LogP contribution is -2.49. The third-order valence-electron chi connectivity index (χ3n) is 5.07. The van der Waals surface area contributed by atoms with E-state index in [1.54, 1.807) is 47.2 Å². The third-order valence-corrected chi connectivity index (χ3v) is 6.49. The van der Waals surface area contributed by atoms with Crippen LogP contribution in [0.25, 0.3) is 0 Å². The second kappa shape index (κ2) is 6.56. The van der Waals surface area contributed by atoms with Gasteiger partial charge in [0.05, 0.1) is 19.3 Å². The zero-order valence-corrected chi connectivity index (χ0v) is 15.9. The molecule has 0 N–H and O–H groups in total. The van der Waals surface area contributed by atoms with Gasteiger partial charge >= 0.3 is 0 Å². The lowest BCUT2D eigenvalue weighted by Gasteiger charge is -2.32. The van der Waals surface area contributed by atoms with Gasteiger partial charge < -0.3 is 14.5 Å². The zero-order valence-electron chi connectivity index (χ0n) is 15.1. The number of thioether (sulfide) groups is 1. The van der Waals surface area contributed by atoms with Gasteiger partial charge in [-0.15, -0.1) is 11.8 Å². The van der Waals surface area contributed by atoms with Gasteiger partial charge in [0.15, 0.2) is 4.87 Å². The smallest absolute Gasteiger partial charge is 0.268 e. The van der Waals surface area contributed by atoms with Crippen LogP contribution < -0.4 is 9.64 Å². The first-order valence-electron chi connectivity index (χ1n) is 8.65. The van der Waals surface area contributed by atoms with Gasteiger partial charge in [-0.05, 0) is 24.3 Å². The summed E-state index contributed by atoms with van der Waals surface area (Å²) in [5.74, 6) is 0.547. The van der Waals surface area contributed by atoms with Crippen LogP contribution >= 0.6 is 11.8 Å². The maximum Gasteiger partial charge on any atom is 0.268 e. The number of rotatable bonds is 3. The molecule has 0 aliphatic carbocycles. The van der Waals surface area contributed by atoms with Gasteiger partial charge in [-0.25, -0.2) is 4.39 Å². The quantitative estimate of drug-likeness (QED) is 0.813. The second-order valence-corrected chi connectivity index (χ2v) is 7.82. The fourth-order valence-electron chi connectivity index (χ4n) is 3.81. The molecule has 1 atom stereocenters. The van der Waals surface area contributed by atoms with Crippen molar-refractivity contribution in [1.82, 2.24) is 4.90 Å². The highest BCUT2D eigenvalue weighted by atomic mass is 32.2. The highest BCUT2D eigenvalue weighted by Crippen LogP contribution is 2.55. The molecule has 7 heteroatoms. The first kappa shape index (κ1) is 17.9. The Balaban J connectivity index is 1.85. The summed E-state index contributed by atoms with van der Waals surface area (Å²) in [6.07, 6.45) is 0. The minimum atomic E-state index is -1.11. The van der Waals surface area contributed by atoms with Crippen molar-refractivity contribution in [3.8, 4) is 5.75 Å². The van der Waals surface area contributed by atoms with Crippen molar-refractivity contribution >= 4 is 29.3 Å². The molecule has 1 fully saturated rings. The van der Waals surface area contributed by atoms with E-state index >= 15 is 0 Å². The fraction of sp³-hybridized carbons (Fsp3) is 0.300. The van der Waals surface area contributed by atoms with Crippen LogP contribution in [-0.4, -0.2) is 36.1 Å². The molecule has 4 rings (SSSR count). The number of anilines is 1. The third kappa shape index (κ3) is 2.60. The summed E-state index contributed by atoms with van der Waals surface area (Å²) in [7, 11) is 1.56. The van der Waals surface area contributed by atoms with Crippen molar-refractivity contribution in [2.24, 2.45) is 0 Å². The molecular weight excluding hydrogens is 367 g/mol. The van der Waals surface area contributed by atoms with Crippen molar-refractivity contribution in [2.75, 3.05) is 24.3 Å². The Hall–Kier alpha value is -2.54. The molecule has 0 saturated carbocycles. The molecule has 0 aromatic heterocycles. The molecule has 0 radical (unpaired) electrons. The Morgan fingerprint density at radius 3 is 2.78 bits per heavy atom. The van der Waals surface area contributed by atoms with Crippen molar-refractivity contribution in [1.29, 1.82) is 0 Å². The Labute approximate surface area is 161 Å². The van der Waals surface area contributed by atoms with Crippen molar-refractivity contribution in [2.45, 2.75) is 18.3 Å². The number of fused-ring (bicyclic) bond motifs is 2. The highest BCUT2D eigenvalue weighted by molar-refractivity contribution is 8.01. The molecule has 2 aromatic carbocycles. The Kier molecular flexibility index (Phi) is 4.34. The maximum absolute atomic E-state index is 14.2. The number of carbonyl (C=O) groups is 2. The number of hydrogen-bond acceptors (Lipinski definition) is 4. The van der Waals surface area contributed by atoms with Crippen LogP contribution in [0.1, 0.15) is 18.1 Å². The number of benzene rings is 2. The first-order chi connectivity index (χ1) is 13.0. The van der Waals surface area contributed by atoms with Crippen LogP contribution in [0.2, 0.25) is 0 Å². The SMILES string of the molecule is COc1ccc2c(c1)[C@@]1(SCCN1C(C)=O)C(=O)N2Cc1ccccc1F. The van der Waals surface area contributed by atoms with Crippen LogP contribution in [0, 0.1) is 5.82 Å². The Bertz CT molecular complexity index is 935. The minimum absolute atomic E-state index is 0.110. The summed E-state index contributed by atoms with van der Waals surface area (Å²) in [4.78, 5) is 27.9. The summed E-state index contributed by atoms with van der Waals surface area (Å²) in [6, 6.07) is 11.8. The van der Waals surface area contributed by atoms with E-state index in [1.165, 1.54) is 24.8 Å². The lowest BCUT2D eigenvalue weighted by molar-refractivity contribution is -0.138. The lowest BCUT2D eigenvalue weighted by atomic mass is 10.1. The van der Waals surface area contributed by atoms with Crippen molar-refractivity contribution < 1.29 is 18.7 Å². The number of halogens is 1. The molecule has 2 aliphatic heterocycles. The largest absolute Gasteiger partial charge is 0.497 e. The van der Waals surface area contributed by atoms with Crippen molar-refractivity contribution in [3.63, 3.8) is 0 Å². The predicted molar refractivity (Wildman–Crippen MR) is 102 cm³/mol. The molecule has 2 aliphatic rings. The average Bonchev–Trinajstić information content (AvgIpc) is 3.21. The maximum atomic E-state index is 14.2. The van der Waals surface area contributed by atoms with E-state index in [0.29, 0.717) is 29.3 Å². The summed E-state index contributed by atoms with van der Waals surface area (Å²) < 4.78 is 19.6. The number of amides is 2. The molecule has 0 unspecified atom stereocenters. The van der Waals surface area contributed by atoms with Crippen LogP contribution in [0.5, 0.6) is 5.75 Å². The predicted octanol–water partition coefficient (Wildman–Crippen LogP) is 3.13.